The van der Waals surface area contributed by atoms with Gasteiger partial charge in [0.15, 0.2) is 5.78 Å². The van der Waals surface area contributed by atoms with Crippen LogP contribution in [0, 0.1) is 11.3 Å². The number of fused-ring (bicyclic) bond motifs is 1. The zero-order valence-electron chi connectivity index (χ0n) is 19.8. The Morgan fingerprint density at radius 1 is 1.26 bits per heavy atom. The molecule has 0 saturated carbocycles. The Hall–Kier alpha value is -3.47. The maximum atomic E-state index is 11.7. The number of carbonyl (C=O) groups is 1. The molecule has 0 bridgehead atoms. The molecule has 1 aromatic heterocycles. The van der Waals surface area contributed by atoms with Crippen molar-refractivity contribution < 1.29 is 9.53 Å². The number of ketones is 1. The minimum absolute atomic E-state index is 0.00682. The lowest BCUT2D eigenvalue weighted by atomic mass is 9.99. The smallest absolute Gasteiger partial charge is 0.161 e. The van der Waals surface area contributed by atoms with Crippen LogP contribution in [0.25, 0.3) is 10.9 Å². The monoisotopic (exact) mass is 457 g/mol. The van der Waals surface area contributed by atoms with E-state index in [0.29, 0.717) is 22.9 Å². The summed E-state index contributed by atoms with van der Waals surface area (Å²) in [7, 11) is 1.65. The van der Waals surface area contributed by atoms with Crippen LogP contribution < -0.4 is 15.8 Å². The summed E-state index contributed by atoms with van der Waals surface area (Å²) >= 11 is 0. The predicted molar refractivity (Wildman–Crippen MR) is 134 cm³/mol. The fraction of sp³-hybridized carbons (Fsp3) is 0.370. The third-order valence-electron chi connectivity index (χ3n) is 6.66. The number of likely N-dealkylation sites (tertiary alicyclic amines) is 1. The lowest BCUT2D eigenvalue weighted by Gasteiger charge is -2.32. The topological polar surface area (TPSA) is 104 Å². The van der Waals surface area contributed by atoms with E-state index in [-0.39, 0.29) is 5.78 Å². The van der Waals surface area contributed by atoms with Crippen LogP contribution in [0.4, 0.5) is 5.69 Å². The third kappa shape index (κ3) is 5.36. The van der Waals surface area contributed by atoms with Gasteiger partial charge in [0.05, 0.1) is 18.2 Å². The molecule has 2 aromatic carbocycles. The van der Waals surface area contributed by atoms with Gasteiger partial charge in [0.25, 0.3) is 0 Å². The number of anilines is 1. The number of piperidine rings is 1. The molecule has 4 rings (SSSR count). The molecule has 1 saturated heterocycles. The van der Waals surface area contributed by atoms with Gasteiger partial charge >= 0.3 is 0 Å². The standard InChI is InChI=1S/C27H31N5O2/c1-18(33)24-13-19(3-5-26(24)29)16-30-21-7-10-32(11-8-21)12-9-23-20(15-28)17-31-27-6-4-22(34-2)14-25(23)27/h3-6,13-14,17,21,30H,7-12,16,29H2,1-2H3. The van der Waals surface area contributed by atoms with Crippen LogP contribution in [-0.4, -0.2) is 48.5 Å². The summed E-state index contributed by atoms with van der Waals surface area (Å²) in [5.41, 5.74) is 10.7. The Morgan fingerprint density at radius 3 is 2.76 bits per heavy atom. The van der Waals surface area contributed by atoms with Crippen molar-refractivity contribution in [3.05, 3.63) is 64.8 Å². The van der Waals surface area contributed by atoms with Crippen molar-refractivity contribution >= 4 is 22.4 Å². The van der Waals surface area contributed by atoms with Crippen LogP contribution >= 0.6 is 0 Å². The van der Waals surface area contributed by atoms with Gasteiger partial charge in [0.2, 0.25) is 0 Å². The van der Waals surface area contributed by atoms with Crippen LogP contribution in [0.2, 0.25) is 0 Å². The summed E-state index contributed by atoms with van der Waals surface area (Å²) in [4.78, 5) is 18.6. The SMILES string of the molecule is COc1ccc2ncc(C#N)c(CCN3CCC(NCc4ccc(N)c(C(C)=O)c4)CC3)c2c1. The number of hydrogen-bond acceptors (Lipinski definition) is 7. The lowest BCUT2D eigenvalue weighted by Crippen LogP contribution is -2.42. The fourth-order valence-corrected chi connectivity index (χ4v) is 4.63. The largest absolute Gasteiger partial charge is 0.497 e. The number of hydrogen-bond donors (Lipinski definition) is 2. The van der Waals surface area contributed by atoms with Gasteiger partial charge in [-0.3, -0.25) is 9.78 Å². The third-order valence-corrected chi connectivity index (χ3v) is 6.66. The van der Waals surface area contributed by atoms with Crippen LogP contribution in [0.15, 0.2) is 42.6 Å². The van der Waals surface area contributed by atoms with E-state index in [4.69, 9.17) is 10.5 Å². The molecular formula is C27H31N5O2. The van der Waals surface area contributed by atoms with Crippen molar-refractivity contribution in [1.29, 1.82) is 5.26 Å². The number of benzene rings is 2. The molecule has 0 atom stereocenters. The zero-order chi connectivity index (χ0) is 24.1. The van der Waals surface area contributed by atoms with Gasteiger partial charge in [-0.2, -0.15) is 5.26 Å². The highest BCUT2D eigenvalue weighted by Crippen LogP contribution is 2.26. The Labute approximate surface area is 200 Å². The minimum atomic E-state index is -0.00682. The van der Waals surface area contributed by atoms with Crippen LogP contribution in [-0.2, 0) is 13.0 Å². The van der Waals surface area contributed by atoms with E-state index in [2.05, 4.69) is 21.3 Å². The highest BCUT2D eigenvalue weighted by Gasteiger charge is 2.20. The molecule has 0 amide bonds. The molecule has 176 valence electrons. The molecule has 0 spiro atoms. The first-order valence-corrected chi connectivity index (χ1v) is 11.7. The van der Waals surface area contributed by atoms with Crippen LogP contribution in [0.1, 0.15) is 46.8 Å². The van der Waals surface area contributed by atoms with Crippen molar-refractivity contribution in [1.82, 2.24) is 15.2 Å². The Morgan fingerprint density at radius 2 is 2.06 bits per heavy atom. The van der Waals surface area contributed by atoms with Crippen molar-refractivity contribution in [2.75, 3.05) is 32.5 Å². The second-order valence-electron chi connectivity index (χ2n) is 8.87. The quantitative estimate of drug-likeness (QED) is 0.393. The van der Waals surface area contributed by atoms with Crippen molar-refractivity contribution in [3.8, 4) is 11.8 Å². The predicted octanol–water partition coefficient (Wildman–Crippen LogP) is 3.70. The number of pyridine rings is 1. The molecule has 0 unspecified atom stereocenters. The number of Topliss-reactive ketones (excluding diaryl/α,β-unsaturated/α-hetero) is 1. The maximum Gasteiger partial charge on any atom is 0.161 e. The Balaban J connectivity index is 1.33. The lowest BCUT2D eigenvalue weighted by molar-refractivity contribution is 0.101. The number of carbonyl (C=O) groups excluding carboxylic acids is 1. The summed E-state index contributed by atoms with van der Waals surface area (Å²) in [6.45, 7) is 5.18. The normalized spacial score (nSPS) is 14.7. The van der Waals surface area contributed by atoms with E-state index in [1.165, 1.54) is 0 Å². The minimum Gasteiger partial charge on any atom is -0.497 e. The molecule has 34 heavy (non-hydrogen) atoms. The highest BCUT2D eigenvalue weighted by atomic mass is 16.5. The number of nitrogen functional groups attached to an aromatic ring is 1. The number of aromatic nitrogens is 1. The number of rotatable bonds is 8. The maximum absolute atomic E-state index is 11.7. The summed E-state index contributed by atoms with van der Waals surface area (Å²) in [5, 5.41) is 14.2. The molecule has 3 N–H and O–H groups in total. The van der Waals surface area contributed by atoms with Gasteiger partial charge in [-0.25, -0.2) is 0 Å². The van der Waals surface area contributed by atoms with Crippen molar-refractivity contribution in [2.24, 2.45) is 0 Å². The molecular weight excluding hydrogens is 426 g/mol. The number of nitriles is 1. The number of nitrogens with one attached hydrogen (secondary N) is 1. The summed E-state index contributed by atoms with van der Waals surface area (Å²) < 4.78 is 5.38. The van der Waals surface area contributed by atoms with E-state index in [1.807, 2.05) is 36.4 Å². The number of ether oxygens (including phenoxy) is 1. The first kappa shape index (κ1) is 23.7. The Bertz CT molecular complexity index is 1230. The van der Waals surface area contributed by atoms with Gasteiger partial charge in [0.1, 0.15) is 11.8 Å². The average Bonchev–Trinajstić information content (AvgIpc) is 2.86. The van der Waals surface area contributed by atoms with Gasteiger partial charge in [-0.1, -0.05) is 6.07 Å². The number of methoxy groups -OCH3 is 1. The molecule has 1 aliphatic rings. The second-order valence-corrected chi connectivity index (χ2v) is 8.87. The highest BCUT2D eigenvalue weighted by molar-refractivity contribution is 5.99. The van der Waals surface area contributed by atoms with Gasteiger partial charge in [-0.15, -0.1) is 0 Å². The molecule has 7 heteroatoms. The summed E-state index contributed by atoms with van der Waals surface area (Å²) in [5.74, 6) is 0.765. The molecule has 1 fully saturated rings. The van der Waals surface area contributed by atoms with Crippen molar-refractivity contribution in [2.45, 2.75) is 38.8 Å². The van der Waals surface area contributed by atoms with Gasteiger partial charge in [0, 0.05) is 42.0 Å². The van der Waals surface area contributed by atoms with Gasteiger partial charge < -0.3 is 20.7 Å². The van der Waals surface area contributed by atoms with Crippen LogP contribution in [0.3, 0.4) is 0 Å². The number of nitrogens with two attached hydrogens (primary N) is 1. The Kier molecular flexibility index (Phi) is 7.41. The summed E-state index contributed by atoms with van der Waals surface area (Å²) in [6, 6.07) is 14.2. The average molecular weight is 458 g/mol. The molecule has 2 heterocycles. The molecule has 0 radical (unpaired) electrons. The van der Waals surface area contributed by atoms with Crippen molar-refractivity contribution in [3.63, 3.8) is 0 Å². The zero-order valence-corrected chi connectivity index (χ0v) is 19.8. The molecule has 0 aliphatic carbocycles. The van der Waals surface area contributed by atoms with E-state index >= 15 is 0 Å². The van der Waals surface area contributed by atoms with E-state index in [1.54, 1.807) is 20.2 Å². The van der Waals surface area contributed by atoms with E-state index in [9.17, 15) is 10.1 Å². The first-order chi connectivity index (χ1) is 16.5. The van der Waals surface area contributed by atoms with Crippen LogP contribution in [0.5, 0.6) is 5.75 Å². The molecule has 1 aliphatic heterocycles. The van der Waals surface area contributed by atoms with E-state index in [0.717, 1.165) is 73.2 Å². The second kappa shape index (κ2) is 10.6. The molecule has 7 nitrogen and oxygen atoms in total. The summed E-state index contributed by atoms with van der Waals surface area (Å²) in [6.07, 6.45) is 4.59. The van der Waals surface area contributed by atoms with Gasteiger partial charge in [-0.05, 0) is 80.7 Å². The first-order valence-electron chi connectivity index (χ1n) is 11.7. The molecule has 3 aromatic rings. The number of nitrogens with zero attached hydrogens (tertiary/aromatic N) is 3. The van der Waals surface area contributed by atoms with E-state index < -0.39 is 0 Å². The fourth-order valence-electron chi connectivity index (χ4n) is 4.63.